The Hall–Kier alpha value is -0.870. The Morgan fingerprint density at radius 1 is 1.39 bits per heavy atom. The zero-order valence-electron chi connectivity index (χ0n) is 11.0. The molecule has 18 heavy (non-hydrogen) atoms. The topological polar surface area (TPSA) is 49.3 Å². The van der Waals surface area contributed by atoms with Gasteiger partial charge in [0, 0.05) is 16.6 Å². The second kappa shape index (κ2) is 6.34. The average Bonchev–Trinajstić information content (AvgIpc) is 2.25. The van der Waals surface area contributed by atoms with Gasteiger partial charge < -0.3 is 10.4 Å². The lowest BCUT2D eigenvalue weighted by molar-refractivity contribution is 0.0368. The van der Waals surface area contributed by atoms with Gasteiger partial charge in [0.1, 0.15) is 0 Å². The van der Waals surface area contributed by atoms with E-state index in [-0.39, 0.29) is 12.5 Å². The summed E-state index contributed by atoms with van der Waals surface area (Å²) in [4.78, 5) is 11.9. The molecule has 1 rings (SSSR count). The molecule has 3 nitrogen and oxygen atoms in total. The minimum absolute atomic E-state index is 0.161. The Balaban J connectivity index is 2.53. The van der Waals surface area contributed by atoms with E-state index in [9.17, 15) is 9.90 Å². The lowest BCUT2D eigenvalue weighted by Gasteiger charge is -2.25. The summed E-state index contributed by atoms with van der Waals surface area (Å²) in [6, 6.07) is 7.13. The van der Waals surface area contributed by atoms with Gasteiger partial charge in [-0.15, -0.1) is 0 Å². The molecule has 1 amide bonds. The molecule has 2 N–H and O–H groups in total. The van der Waals surface area contributed by atoms with Crippen LogP contribution in [0.3, 0.4) is 0 Å². The van der Waals surface area contributed by atoms with Crippen molar-refractivity contribution in [3.05, 3.63) is 34.3 Å². The fourth-order valence-corrected chi connectivity index (χ4v) is 2.19. The van der Waals surface area contributed by atoms with Gasteiger partial charge in [0.2, 0.25) is 0 Å². The van der Waals surface area contributed by atoms with E-state index in [2.05, 4.69) is 21.2 Å². The van der Waals surface area contributed by atoms with Gasteiger partial charge in [-0.1, -0.05) is 29.8 Å². The van der Waals surface area contributed by atoms with Gasteiger partial charge in [-0.2, -0.15) is 0 Å². The molecule has 0 aliphatic carbocycles. The normalized spacial score (nSPS) is 14.3. The monoisotopic (exact) mass is 313 g/mol. The van der Waals surface area contributed by atoms with Gasteiger partial charge in [-0.25, -0.2) is 0 Å². The summed E-state index contributed by atoms with van der Waals surface area (Å²) < 4.78 is 0.936. The summed E-state index contributed by atoms with van der Waals surface area (Å²) >= 11 is 3.32. The lowest BCUT2D eigenvalue weighted by Crippen LogP contribution is -2.41. The molecule has 4 heteroatoms. The summed E-state index contributed by atoms with van der Waals surface area (Å²) in [6.45, 7) is 6.10. The Labute approximate surface area is 117 Å². The quantitative estimate of drug-likeness (QED) is 0.878. The molecule has 100 valence electrons. The first-order chi connectivity index (χ1) is 8.30. The molecular weight excluding hydrogens is 294 g/mol. The first-order valence-corrected chi connectivity index (χ1v) is 6.85. The van der Waals surface area contributed by atoms with Gasteiger partial charge in [0.15, 0.2) is 0 Å². The molecule has 0 saturated carbocycles. The van der Waals surface area contributed by atoms with Crippen molar-refractivity contribution in [3.63, 3.8) is 0 Å². The molecule has 0 saturated heterocycles. The molecule has 0 radical (unpaired) electrons. The Morgan fingerprint density at radius 3 is 2.44 bits per heavy atom. The van der Waals surface area contributed by atoms with Gasteiger partial charge in [0.05, 0.1) is 5.60 Å². The zero-order chi connectivity index (χ0) is 13.8. The smallest absolute Gasteiger partial charge is 0.251 e. The summed E-state index contributed by atoms with van der Waals surface area (Å²) in [5.74, 6) is 0.233. The molecule has 0 heterocycles. The number of amides is 1. The van der Waals surface area contributed by atoms with Crippen molar-refractivity contribution in [1.82, 2.24) is 5.32 Å². The number of halogens is 1. The number of rotatable bonds is 5. The third kappa shape index (κ3) is 5.19. The maximum atomic E-state index is 11.9. The molecule has 0 aliphatic heterocycles. The maximum Gasteiger partial charge on any atom is 0.251 e. The highest BCUT2D eigenvalue weighted by Gasteiger charge is 2.22. The van der Waals surface area contributed by atoms with E-state index < -0.39 is 5.60 Å². The number of benzene rings is 1. The summed E-state index contributed by atoms with van der Waals surface area (Å²) in [5, 5.41) is 12.9. The first-order valence-electron chi connectivity index (χ1n) is 6.06. The summed E-state index contributed by atoms with van der Waals surface area (Å²) in [7, 11) is 0. The number of hydrogen-bond donors (Lipinski definition) is 2. The number of aliphatic hydroxyl groups is 1. The van der Waals surface area contributed by atoms with Crippen LogP contribution in [0, 0.1) is 5.92 Å². The zero-order valence-corrected chi connectivity index (χ0v) is 12.6. The third-order valence-electron chi connectivity index (χ3n) is 2.58. The highest BCUT2D eigenvalue weighted by atomic mass is 79.9. The maximum absolute atomic E-state index is 11.9. The van der Waals surface area contributed by atoms with Crippen LogP contribution in [-0.4, -0.2) is 23.2 Å². The van der Waals surface area contributed by atoms with Crippen molar-refractivity contribution >= 4 is 21.8 Å². The van der Waals surface area contributed by atoms with E-state index in [1.54, 1.807) is 19.1 Å². The molecule has 0 fully saturated rings. The molecule has 0 aliphatic rings. The van der Waals surface area contributed by atoms with Crippen LogP contribution in [0.15, 0.2) is 28.7 Å². The second-order valence-corrected chi connectivity index (χ2v) is 6.20. The van der Waals surface area contributed by atoms with Gasteiger partial charge >= 0.3 is 0 Å². The molecule has 0 bridgehead atoms. The molecule has 0 aromatic heterocycles. The molecule has 1 atom stereocenters. The molecule has 1 unspecified atom stereocenters. The van der Waals surface area contributed by atoms with Crippen LogP contribution >= 0.6 is 15.9 Å². The average molecular weight is 314 g/mol. The van der Waals surface area contributed by atoms with Crippen LogP contribution in [0.2, 0.25) is 0 Å². The first kappa shape index (κ1) is 15.2. The number of carbonyl (C=O) groups is 1. The molecule has 0 spiro atoms. The van der Waals surface area contributed by atoms with Gasteiger partial charge in [-0.05, 0) is 43.5 Å². The van der Waals surface area contributed by atoms with E-state index >= 15 is 0 Å². The minimum Gasteiger partial charge on any atom is -0.388 e. The minimum atomic E-state index is -0.862. The van der Waals surface area contributed by atoms with Crippen molar-refractivity contribution in [3.8, 4) is 0 Å². The highest BCUT2D eigenvalue weighted by molar-refractivity contribution is 9.10. The van der Waals surface area contributed by atoms with Crippen LogP contribution in [-0.2, 0) is 0 Å². The Kier molecular flexibility index (Phi) is 5.35. The SMILES string of the molecule is CC(C)CC(C)(O)CNC(=O)c1ccc(Br)cc1. The second-order valence-electron chi connectivity index (χ2n) is 5.28. The van der Waals surface area contributed by atoms with Crippen LogP contribution in [0.4, 0.5) is 0 Å². The van der Waals surface area contributed by atoms with Crippen molar-refractivity contribution in [1.29, 1.82) is 0 Å². The van der Waals surface area contributed by atoms with Crippen molar-refractivity contribution in [2.45, 2.75) is 32.8 Å². The fourth-order valence-electron chi connectivity index (χ4n) is 1.93. The number of carbonyl (C=O) groups excluding carboxylic acids is 1. The number of hydrogen-bond acceptors (Lipinski definition) is 2. The summed E-state index contributed by atoms with van der Waals surface area (Å²) in [6.07, 6.45) is 0.660. The Morgan fingerprint density at radius 2 is 1.94 bits per heavy atom. The van der Waals surface area contributed by atoms with Crippen molar-refractivity contribution in [2.75, 3.05) is 6.54 Å². The van der Waals surface area contributed by atoms with Gasteiger partial charge in [-0.3, -0.25) is 4.79 Å². The highest BCUT2D eigenvalue weighted by Crippen LogP contribution is 2.15. The largest absolute Gasteiger partial charge is 0.388 e. The summed E-state index contributed by atoms with van der Waals surface area (Å²) in [5.41, 5.74) is -0.266. The molecular formula is C14H20BrNO2. The van der Waals surface area contributed by atoms with E-state index in [0.717, 1.165) is 4.47 Å². The molecule has 1 aromatic carbocycles. The van der Waals surface area contributed by atoms with E-state index in [0.29, 0.717) is 17.9 Å². The van der Waals surface area contributed by atoms with Gasteiger partial charge in [0.25, 0.3) is 5.91 Å². The van der Waals surface area contributed by atoms with E-state index in [1.165, 1.54) is 0 Å². The third-order valence-corrected chi connectivity index (χ3v) is 3.11. The van der Waals surface area contributed by atoms with E-state index in [1.807, 2.05) is 26.0 Å². The van der Waals surface area contributed by atoms with Crippen LogP contribution < -0.4 is 5.32 Å². The van der Waals surface area contributed by atoms with Crippen molar-refractivity contribution in [2.24, 2.45) is 5.92 Å². The van der Waals surface area contributed by atoms with Crippen LogP contribution in [0.5, 0.6) is 0 Å². The van der Waals surface area contributed by atoms with Crippen LogP contribution in [0.1, 0.15) is 37.6 Å². The predicted octanol–water partition coefficient (Wildman–Crippen LogP) is 2.98. The fraction of sp³-hybridized carbons (Fsp3) is 0.500. The van der Waals surface area contributed by atoms with E-state index in [4.69, 9.17) is 0 Å². The predicted molar refractivity (Wildman–Crippen MR) is 76.6 cm³/mol. The lowest BCUT2D eigenvalue weighted by atomic mass is 9.94. The van der Waals surface area contributed by atoms with Crippen LogP contribution in [0.25, 0.3) is 0 Å². The number of nitrogens with one attached hydrogen (secondary N) is 1. The van der Waals surface area contributed by atoms with Crippen molar-refractivity contribution < 1.29 is 9.90 Å². The molecule has 1 aromatic rings. The standard InChI is InChI=1S/C14H20BrNO2/c1-10(2)8-14(3,18)9-16-13(17)11-4-6-12(15)7-5-11/h4-7,10,18H,8-9H2,1-3H3,(H,16,17). The Bertz CT molecular complexity index is 399.